The molecule has 0 heterocycles. The predicted molar refractivity (Wildman–Crippen MR) is 38.6 cm³/mol. The van der Waals surface area contributed by atoms with Crippen molar-refractivity contribution in [3.05, 3.63) is 29.8 Å². The fourth-order valence-electron chi connectivity index (χ4n) is 0.628. The molecule has 0 fully saturated rings. The summed E-state index contributed by atoms with van der Waals surface area (Å²) in [4.78, 5) is 0. The van der Waals surface area contributed by atoms with E-state index in [2.05, 4.69) is 0 Å². The third kappa shape index (κ3) is 2.81. The summed E-state index contributed by atoms with van der Waals surface area (Å²) in [6.45, 7) is 1.94. The number of phenolic OH excluding ortho intramolecular Hbond substituents is 1. The molecule has 47 valence electrons. The smallest absolute Gasteiger partial charge is 0.115 e. The molecule has 0 atom stereocenters. The van der Waals surface area contributed by atoms with Crippen molar-refractivity contribution in [3.8, 4) is 5.75 Å². The SMILES string of the molecule is Cc1cccc(O)c1.[Bi]. The van der Waals surface area contributed by atoms with Crippen LogP contribution in [0.15, 0.2) is 24.3 Å². The van der Waals surface area contributed by atoms with Gasteiger partial charge in [0.05, 0.1) is 0 Å². The third-order valence-corrected chi connectivity index (χ3v) is 1.00. The van der Waals surface area contributed by atoms with Gasteiger partial charge in [-0.15, -0.1) is 0 Å². The van der Waals surface area contributed by atoms with Crippen molar-refractivity contribution in [2.45, 2.75) is 6.92 Å². The van der Waals surface area contributed by atoms with Crippen LogP contribution in [0.1, 0.15) is 5.56 Å². The fourth-order valence-corrected chi connectivity index (χ4v) is 0.628. The maximum atomic E-state index is 8.81. The quantitative estimate of drug-likeness (QED) is 0.716. The maximum absolute atomic E-state index is 8.81. The summed E-state index contributed by atoms with van der Waals surface area (Å²) < 4.78 is 0. The fraction of sp³-hybridized carbons (Fsp3) is 0.143. The summed E-state index contributed by atoms with van der Waals surface area (Å²) in [6, 6.07) is 7.15. The maximum Gasteiger partial charge on any atom is 0.115 e. The van der Waals surface area contributed by atoms with Crippen LogP contribution in [-0.4, -0.2) is 31.3 Å². The van der Waals surface area contributed by atoms with Gasteiger partial charge in [0, 0.05) is 26.2 Å². The summed E-state index contributed by atoms with van der Waals surface area (Å²) in [5, 5.41) is 8.81. The molecule has 0 aliphatic carbocycles. The minimum absolute atomic E-state index is 0. The van der Waals surface area contributed by atoms with Crippen molar-refractivity contribution in [1.82, 2.24) is 0 Å². The zero-order valence-corrected chi connectivity index (χ0v) is 8.68. The number of aromatic hydroxyl groups is 1. The standard InChI is InChI=1S/C7H8O.Bi/c1-6-3-2-4-7(8)5-6;/h2-5,8H,1H3;. The van der Waals surface area contributed by atoms with E-state index >= 15 is 0 Å². The molecule has 0 amide bonds. The van der Waals surface area contributed by atoms with Crippen LogP contribution in [0.2, 0.25) is 0 Å². The van der Waals surface area contributed by atoms with E-state index in [1.54, 1.807) is 12.1 Å². The van der Waals surface area contributed by atoms with Crippen molar-refractivity contribution >= 4 is 26.2 Å². The molecule has 0 bridgehead atoms. The van der Waals surface area contributed by atoms with Gasteiger partial charge in [0.2, 0.25) is 0 Å². The molecule has 3 radical (unpaired) electrons. The van der Waals surface area contributed by atoms with Gasteiger partial charge in [-0.3, -0.25) is 0 Å². The van der Waals surface area contributed by atoms with Gasteiger partial charge in [0.25, 0.3) is 0 Å². The monoisotopic (exact) mass is 317 g/mol. The van der Waals surface area contributed by atoms with Crippen molar-refractivity contribution in [2.24, 2.45) is 0 Å². The van der Waals surface area contributed by atoms with E-state index in [0.29, 0.717) is 5.75 Å². The summed E-state index contributed by atoms with van der Waals surface area (Å²) in [7, 11) is 0. The summed E-state index contributed by atoms with van der Waals surface area (Å²) in [5.41, 5.74) is 1.09. The van der Waals surface area contributed by atoms with Gasteiger partial charge in [0.15, 0.2) is 0 Å². The van der Waals surface area contributed by atoms with Crippen LogP contribution in [0.3, 0.4) is 0 Å². The second-order valence-electron chi connectivity index (χ2n) is 1.84. The average Bonchev–Trinajstić information content (AvgIpc) is 1.64. The molecule has 1 aromatic rings. The molecule has 1 rings (SSSR count). The van der Waals surface area contributed by atoms with E-state index in [-0.39, 0.29) is 26.2 Å². The van der Waals surface area contributed by atoms with Gasteiger partial charge < -0.3 is 5.11 Å². The Labute approximate surface area is 73.8 Å². The molecule has 0 saturated carbocycles. The Morgan fingerprint density at radius 3 is 2.33 bits per heavy atom. The predicted octanol–water partition coefficient (Wildman–Crippen LogP) is 1.32. The molecule has 1 nitrogen and oxygen atoms in total. The summed E-state index contributed by atoms with van der Waals surface area (Å²) in [6.07, 6.45) is 0. The second kappa shape index (κ2) is 3.84. The van der Waals surface area contributed by atoms with Crippen LogP contribution in [-0.2, 0) is 0 Å². The van der Waals surface area contributed by atoms with Crippen LogP contribution in [0.25, 0.3) is 0 Å². The van der Waals surface area contributed by atoms with Gasteiger partial charge in [-0.2, -0.15) is 0 Å². The first-order valence-corrected chi connectivity index (χ1v) is 2.54. The van der Waals surface area contributed by atoms with E-state index in [4.69, 9.17) is 5.11 Å². The molecule has 1 aromatic carbocycles. The first-order chi connectivity index (χ1) is 3.79. The zero-order chi connectivity index (χ0) is 5.98. The largest absolute Gasteiger partial charge is 0.508 e. The summed E-state index contributed by atoms with van der Waals surface area (Å²) in [5.74, 6) is 0.338. The van der Waals surface area contributed by atoms with Gasteiger partial charge in [0.1, 0.15) is 5.75 Å². The van der Waals surface area contributed by atoms with Crippen LogP contribution >= 0.6 is 0 Å². The first-order valence-electron chi connectivity index (χ1n) is 2.54. The van der Waals surface area contributed by atoms with Crippen molar-refractivity contribution in [3.63, 3.8) is 0 Å². The molecular weight excluding hydrogens is 309 g/mol. The topological polar surface area (TPSA) is 20.2 Å². The molecule has 1 N–H and O–H groups in total. The summed E-state index contributed by atoms with van der Waals surface area (Å²) >= 11 is 0. The molecule has 0 spiro atoms. The van der Waals surface area contributed by atoms with E-state index in [9.17, 15) is 0 Å². The molecule has 0 aliphatic rings. The molecule has 9 heavy (non-hydrogen) atoms. The Kier molecular flexibility index (Phi) is 3.80. The van der Waals surface area contributed by atoms with Gasteiger partial charge in [-0.25, -0.2) is 0 Å². The Morgan fingerprint density at radius 1 is 1.33 bits per heavy atom. The van der Waals surface area contributed by atoms with E-state index in [0.717, 1.165) is 5.56 Å². The van der Waals surface area contributed by atoms with Crippen LogP contribution in [0, 0.1) is 6.92 Å². The Hall–Kier alpha value is -0.0969. The van der Waals surface area contributed by atoms with Gasteiger partial charge in [-0.1, -0.05) is 12.1 Å². The number of benzene rings is 1. The number of hydrogen-bond donors (Lipinski definition) is 1. The zero-order valence-electron chi connectivity index (χ0n) is 5.20. The van der Waals surface area contributed by atoms with Crippen LogP contribution in [0.4, 0.5) is 0 Å². The molecule has 0 saturated heterocycles. The minimum atomic E-state index is 0. The van der Waals surface area contributed by atoms with E-state index in [1.165, 1.54) is 0 Å². The number of hydrogen-bond acceptors (Lipinski definition) is 1. The van der Waals surface area contributed by atoms with Crippen LogP contribution in [0.5, 0.6) is 5.75 Å². The van der Waals surface area contributed by atoms with Crippen molar-refractivity contribution < 1.29 is 5.11 Å². The molecule has 0 unspecified atom stereocenters. The Bertz CT molecular complexity index is 169. The van der Waals surface area contributed by atoms with E-state index < -0.39 is 0 Å². The molecule has 2 heteroatoms. The first kappa shape index (κ1) is 8.90. The van der Waals surface area contributed by atoms with Gasteiger partial charge >= 0.3 is 0 Å². The average molecular weight is 317 g/mol. The molecular formula is C7H8BiO. The molecule has 0 aromatic heterocycles. The normalized spacial score (nSPS) is 8.11. The number of phenols is 1. The Morgan fingerprint density at radius 2 is 2.00 bits per heavy atom. The minimum Gasteiger partial charge on any atom is -0.508 e. The van der Waals surface area contributed by atoms with Crippen molar-refractivity contribution in [2.75, 3.05) is 0 Å². The number of rotatable bonds is 0. The molecule has 0 aliphatic heterocycles. The van der Waals surface area contributed by atoms with E-state index in [1.807, 2.05) is 19.1 Å². The number of aryl methyl sites for hydroxylation is 1. The van der Waals surface area contributed by atoms with Crippen molar-refractivity contribution in [1.29, 1.82) is 0 Å². The van der Waals surface area contributed by atoms with Gasteiger partial charge in [-0.05, 0) is 24.6 Å². The van der Waals surface area contributed by atoms with Crippen LogP contribution < -0.4 is 0 Å². The second-order valence-corrected chi connectivity index (χ2v) is 1.84. The third-order valence-electron chi connectivity index (χ3n) is 1.00. The Balaban J connectivity index is 0.000000640.